The fourth-order valence-corrected chi connectivity index (χ4v) is 1.89. The summed E-state index contributed by atoms with van der Waals surface area (Å²) >= 11 is 0. The van der Waals surface area contributed by atoms with E-state index < -0.39 is 0 Å². The van der Waals surface area contributed by atoms with Crippen LogP contribution in [-0.4, -0.2) is 9.78 Å². The zero-order valence-corrected chi connectivity index (χ0v) is 10.6. The minimum atomic E-state index is 0.325. The summed E-state index contributed by atoms with van der Waals surface area (Å²) in [4.78, 5) is 0. The molecule has 0 aliphatic heterocycles. The van der Waals surface area contributed by atoms with Gasteiger partial charge in [0.2, 0.25) is 0 Å². The van der Waals surface area contributed by atoms with Gasteiger partial charge in [-0.3, -0.25) is 4.68 Å². The molecule has 0 aliphatic carbocycles. The highest BCUT2D eigenvalue weighted by Crippen LogP contribution is 2.21. The Bertz CT molecular complexity index is 470. The minimum absolute atomic E-state index is 0.325. The van der Waals surface area contributed by atoms with Crippen LogP contribution in [0.15, 0.2) is 36.5 Å². The van der Waals surface area contributed by atoms with Crippen LogP contribution in [0.4, 0.5) is 5.82 Å². The quantitative estimate of drug-likeness (QED) is 0.871. The Morgan fingerprint density at radius 1 is 1.24 bits per heavy atom. The molecule has 1 N–H and O–H groups in total. The number of aryl methyl sites for hydroxylation is 2. The fraction of sp³-hybridized carbons (Fsp3) is 0.357. The molecule has 2 rings (SSSR count). The van der Waals surface area contributed by atoms with Gasteiger partial charge in [0.15, 0.2) is 0 Å². The number of hydrogen-bond donors (Lipinski definition) is 1. The van der Waals surface area contributed by atoms with Gasteiger partial charge in [0.1, 0.15) is 5.82 Å². The Morgan fingerprint density at radius 3 is 2.47 bits per heavy atom. The largest absolute Gasteiger partial charge is 0.362 e. The second kappa shape index (κ2) is 5.04. The Morgan fingerprint density at radius 2 is 1.94 bits per heavy atom. The number of rotatable bonds is 4. The fourth-order valence-electron chi connectivity index (χ4n) is 1.89. The van der Waals surface area contributed by atoms with E-state index in [-0.39, 0.29) is 0 Å². The van der Waals surface area contributed by atoms with Crippen LogP contribution in [0.3, 0.4) is 0 Å². The van der Waals surface area contributed by atoms with E-state index in [0.717, 1.165) is 12.2 Å². The van der Waals surface area contributed by atoms with Crippen LogP contribution in [0.25, 0.3) is 0 Å². The summed E-state index contributed by atoms with van der Waals surface area (Å²) in [6, 6.07) is 11.0. The predicted octanol–water partition coefficient (Wildman–Crippen LogP) is 3.29. The molecule has 0 spiro atoms. The summed E-state index contributed by atoms with van der Waals surface area (Å²) < 4.78 is 1.81. The molecule has 0 aliphatic rings. The van der Waals surface area contributed by atoms with E-state index in [4.69, 9.17) is 0 Å². The summed E-state index contributed by atoms with van der Waals surface area (Å²) in [6.45, 7) is 4.29. The van der Waals surface area contributed by atoms with Crippen molar-refractivity contribution in [1.29, 1.82) is 0 Å². The molecular formula is C14H19N3. The number of aromatic nitrogens is 2. The number of hydrogen-bond acceptors (Lipinski definition) is 2. The molecule has 0 fully saturated rings. The highest BCUT2D eigenvalue weighted by atomic mass is 15.3. The van der Waals surface area contributed by atoms with E-state index in [0.29, 0.717) is 6.04 Å². The summed E-state index contributed by atoms with van der Waals surface area (Å²) in [5.41, 5.74) is 2.60. The summed E-state index contributed by atoms with van der Waals surface area (Å²) in [7, 11) is 1.93. The first-order valence-electron chi connectivity index (χ1n) is 6.02. The van der Waals surface area contributed by atoms with Gasteiger partial charge in [-0.2, -0.15) is 5.10 Å². The lowest BCUT2D eigenvalue weighted by Gasteiger charge is -2.17. The average molecular weight is 229 g/mol. The van der Waals surface area contributed by atoms with Crippen molar-refractivity contribution in [2.75, 3.05) is 5.32 Å². The van der Waals surface area contributed by atoms with Gasteiger partial charge < -0.3 is 5.32 Å². The van der Waals surface area contributed by atoms with Gasteiger partial charge >= 0.3 is 0 Å². The normalized spacial score (nSPS) is 12.4. The molecule has 0 radical (unpaired) electrons. The van der Waals surface area contributed by atoms with Crippen LogP contribution in [0.1, 0.15) is 30.5 Å². The molecule has 1 unspecified atom stereocenters. The van der Waals surface area contributed by atoms with Crippen molar-refractivity contribution in [3.8, 4) is 0 Å². The minimum Gasteiger partial charge on any atom is -0.362 e. The predicted molar refractivity (Wildman–Crippen MR) is 71.0 cm³/mol. The average Bonchev–Trinajstić information content (AvgIpc) is 2.73. The summed E-state index contributed by atoms with van der Waals surface area (Å²) in [6.07, 6.45) is 2.99. The molecular weight excluding hydrogens is 210 g/mol. The lowest BCUT2D eigenvalue weighted by atomic mass is 10.0. The Kier molecular flexibility index (Phi) is 3.47. The number of nitrogens with one attached hydrogen (secondary N) is 1. The first-order chi connectivity index (χ1) is 8.19. The third kappa shape index (κ3) is 2.87. The van der Waals surface area contributed by atoms with Crippen molar-refractivity contribution in [3.05, 3.63) is 47.7 Å². The van der Waals surface area contributed by atoms with Gasteiger partial charge in [0.05, 0.1) is 6.04 Å². The molecule has 90 valence electrons. The summed E-state index contributed by atoms with van der Waals surface area (Å²) in [5, 5.41) is 7.80. The van der Waals surface area contributed by atoms with E-state index in [9.17, 15) is 0 Å². The maximum absolute atomic E-state index is 4.35. The second-order valence-electron chi connectivity index (χ2n) is 4.39. The van der Waals surface area contributed by atoms with Gasteiger partial charge in [-0.05, 0) is 18.9 Å². The smallest absolute Gasteiger partial charge is 0.148 e. The van der Waals surface area contributed by atoms with Crippen LogP contribution in [-0.2, 0) is 7.05 Å². The van der Waals surface area contributed by atoms with Gasteiger partial charge in [-0.25, -0.2) is 0 Å². The lowest BCUT2D eigenvalue weighted by Crippen LogP contribution is -2.10. The number of anilines is 1. The lowest BCUT2D eigenvalue weighted by molar-refractivity contribution is 0.724. The maximum Gasteiger partial charge on any atom is 0.148 e. The molecule has 1 heterocycles. The van der Waals surface area contributed by atoms with E-state index in [1.54, 1.807) is 0 Å². The standard InChI is InChI=1S/C14H19N3/c1-4-13(12-7-5-11(2)6-8-12)15-14-9-10-17(3)16-14/h5-10,13H,4H2,1-3H3,(H,15,16). The molecule has 0 saturated heterocycles. The molecule has 0 amide bonds. The second-order valence-corrected chi connectivity index (χ2v) is 4.39. The van der Waals surface area contributed by atoms with Crippen LogP contribution in [0.2, 0.25) is 0 Å². The van der Waals surface area contributed by atoms with Crippen molar-refractivity contribution in [2.24, 2.45) is 7.05 Å². The molecule has 17 heavy (non-hydrogen) atoms. The maximum atomic E-state index is 4.35. The van der Waals surface area contributed by atoms with E-state index >= 15 is 0 Å². The molecule has 1 aromatic carbocycles. The van der Waals surface area contributed by atoms with Crippen LogP contribution in [0.5, 0.6) is 0 Å². The van der Waals surface area contributed by atoms with E-state index in [1.165, 1.54) is 11.1 Å². The van der Waals surface area contributed by atoms with Crippen molar-refractivity contribution in [3.63, 3.8) is 0 Å². The highest BCUT2D eigenvalue weighted by Gasteiger charge is 2.09. The monoisotopic (exact) mass is 229 g/mol. The molecule has 2 aromatic rings. The first-order valence-corrected chi connectivity index (χ1v) is 6.02. The van der Waals surface area contributed by atoms with Crippen LogP contribution >= 0.6 is 0 Å². The Balaban J connectivity index is 2.13. The van der Waals surface area contributed by atoms with Gasteiger partial charge in [-0.1, -0.05) is 36.8 Å². The van der Waals surface area contributed by atoms with Crippen molar-refractivity contribution in [1.82, 2.24) is 9.78 Å². The van der Waals surface area contributed by atoms with E-state index in [2.05, 4.69) is 48.5 Å². The van der Waals surface area contributed by atoms with Crippen molar-refractivity contribution < 1.29 is 0 Å². The van der Waals surface area contributed by atoms with Crippen molar-refractivity contribution >= 4 is 5.82 Å². The number of nitrogens with zero attached hydrogens (tertiary/aromatic N) is 2. The number of benzene rings is 1. The molecule has 3 heteroatoms. The molecule has 1 atom stereocenters. The molecule has 0 bridgehead atoms. The Hall–Kier alpha value is -1.77. The van der Waals surface area contributed by atoms with Gasteiger partial charge in [0.25, 0.3) is 0 Å². The molecule has 3 nitrogen and oxygen atoms in total. The topological polar surface area (TPSA) is 29.9 Å². The highest BCUT2D eigenvalue weighted by molar-refractivity contribution is 5.37. The molecule has 0 saturated carbocycles. The van der Waals surface area contributed by atoms with E-state index in [1.807, 2.05) is 24.0 Å². The Labute approximate surface area is 102 Å². The van der Waals surface area contributed by atoms with Gasteiger partial charge in [-0.15, -0.1) is 0 Å². The third-order valence-electron chi connectivity index (χ3n) is 2.92. The zero-order valence-electron chi connectivity index (χ0n) is 10.6. The van der Waals surface area contributed by atoms with Gasteiger partial charge in [0, 0.05) is 19.3 Å². The summed E-state index contributed by atoms with van der Waals surface area (Å²) in [5.74, 6) is 0.930. The van der Waals surface area contributed by atoms with Crippen LogP contribution in [0, 0.1) is 6.92 Å². The molecule has 1 aromatic heterocycles. The van der Waals surface area contributed by atoms with Crippen molar-refractivity contribution in [2.45, 2.75) is 26.3 Å². The van der Waals surface area contributed by atoms with Crippen LogP contribution < -0.4 is 5.32 Å². The SMILES string of the molecule is CCC(Nc1ccn(C)n1)c1ccc(C)cc1. The third-order valence-corrected chi connectivity index (χ3v) is 2.92. The zero-order chi connectivity index (χ0) is 12.3. The first kappa shape index (κ1) is 11.7.